The second-order valence-electron chi connectivity index (χ2n) is 4.88. The minimum atomic E-state index is 0.759. The lowest BCUT2D eigenvalue weighted by atomic mass is 10.1. The Balaban J connectivity index is 1.65. The molecule has 1 aromatic heterocycles. The Morgan fingerprint density at radius 2 is 2.10 bits per heavy atom. The molecule has 1 fully saturated rings. The van der Waals surface area contributed by atoms with Crippen LogP contribution in [0.4, 0.5) is 0 Å². The first kappa shape index (κ1) is 14.4. The summed E-state index contributed by atoms with van der Waals surface area (Å²) in [6.07, 6.45) is 4.70. The van der Waals surface area contributed by atoms with Crippen LogP contribution in [-0.4, -0.2) is 22.5 Å². The molecular formula is C14H17N3S3. The molecule has 3 rings (SSSR count). The molecule has 1 aliphatic carbocycles. The Labute approximate surface area is 132 Å². The SMILES string of the molecule is CSc1nnc(Sc2ccc(CNC3CC3)c(C)c2)s1. The van der Waals surface area contributed by atoms with Gasteiger partial charge in [-0.2, -0.15) is 0 Å². The van der Waals surface area contributed by atoms with Gasteiger partial charge in [-0.1, -0.05) is 40.9 Å². The second-order valence-corrected chi connectivity index (χ2v) is 8.24. The largest absolute Gasteiger partial charge is 0.310 e. The van der Waals surface area contributed by atoms with Crippen molar-refractivity contribution in [1.29, 1.82) is 0 Å². The average molecular weight is 324 g/mol. The molecule has 106 valence electrons. The number of hydrogen-bond donors (Lipinski definition) is 1. The lowest BCUT2D eigenvalue weighted by molar-refractivity contribution is 0.685. The molecule has 0 radical (unpaired) electrons. The van der Waals surface area contributed by atoms with Gasteiger partial charge in [0.1, 0.15) is 0 Å². The number of aromatic nitrogens is 2. The first-order chi connectivity index (χ1) is 9.74. The maximum Gasteiger partial charge on any atom is 0.179 e. The van der Waals surface area contributed by atoms with E-state index in [1.165, 1.54) is 28.9 Å². The van der Waals surface area contributed by atoms with Crippen molar-refractivity contribution in [2.45, 2.75) is 45.9 Å². The summed E-state index contributed by atoms with van der Waals surface area (Å²) in [5, 5.41) is 11.9. The molecular weight excluding hydrogens is 306 g/mol. The molecule has 20 heavy (non-hydrogen) atoms. The fraction of sp³-hybridized carbons (Fsp3) is 0.429. The van der Waals surface area contributed by atoms with Crippen LogP contribution in [0.1, 0.15) is 24.0 Å². The summed E-state index contributed by atoms with van der Waals surface area (Å²) < 4.78 is 2.03. The standard InChI is InChI=1S/C14H17N3S3/c1-9-7-12(19-14-17-16-13(18-2)20-14)6-3-10(9)8-15-11-4-5-11/h3,6-7,11,15H,4-5,8H2,1-2H3. The van der Waals surface area contributed by atoms with Crippen molar-refractivity contribution >= 4 is 34.9 Å². The third-order valence-electron chi connectivity index (χ3n) is 3.24. The van der Waals surface area contributed by atoms with E-state index < -0.39 is 0 Å². The van der Waals surface area contributed by atoms with E-state index in [9.17, 15) is 0 Å². The summed E-state index contributed by atoms with van der Waals surface area (Å²) in [7, 11) is 0. The van der Waals surface area contributed by atoms with E-state index in [0.717, 1.165) is 21.3 Å². The number of benzene rings is 1. The van der Waals surface area contributed by atoms with E-state index in [0.29, 0.717) is 0 Å². The van der Waals surface area contributed by atoms with Gasteiger partial charge in [0.25, 0.3) is 0 Å². The number of nitrogens with one attached hydrogen (secondary N) is 1. The molecule has 0 aliphatic heterocycles. The topological polar surface area (TPSA) is 37.8 Å². The quantitative estimate of drug-likeness (QED) is 0.814. The first-order valence-electron chi connectivity index (χ1n) is 6.63. The summed E-state index contributed by atoms with van der Waals surface area (Å²) in [6, 6.07) is 7.41. The molecule has 0 unspecified atom stereocenters. The number of hydrogen-bond acceptors (Lipinski definition) is 6. The fourth-order valence-electron chi connectivity index (χ4n) is 1.89. The van der Waals surface area contributed by atoms with E-state index >= 15 is 0 Å². The Morgan fingerprint density at radius 1 is 1.30 bits per heavy atom. The van der Waals surface area contributed by atoms with E-state index in [-0.39, 0.29) is 0 Å². The highest BCUT2D eigenvalue weighted by atomic mass is 32.2. The maximum atomic E-state index is 4.20. The average Bonchev–Trinajstić information content (AvgIpc) is 3.16. The monoisotopic (exact) mass is 323 g/mol. The molecule has 1 heterocycles. The number of aryl methyl sites for hydroxylation is 1. The van der Waals surface area contributed by atoms with Gasteiger partial charge >= 0.3 is 0 Å². The molecule has 2 aromatic rings. The van der Waals surface area contributed by atoms with Crippen molar-refractivity contribution in [3.05, 3.63) is 29.3 Å². The fourth-order valence-corrected chi connectivity index (χ4v) is 4.40. The summed E-state index contributed by atoms with van der Waals surface area (Å²) in [6.45, 7) is 3.16. The van der Waals surface area contributed by atoms with Crippen LogP contribution in [0.25, 0.3) is 0 Å². The number of nitrogens with zero attached hydrogens (tertiary/aromatic N) is 2. The maximum absolute atomic E-state index is 4.20. The molecule has 1 aromatic carbocycles. The van der Waals surface area contributed by atoms with E-state index in [1.54, 1.807) is 34.9 Å². The van der Waals surface area contributed by atoms with Gasteiger partial charge in [0, 0.05) is 17.5 Å². The molecule has 0 spiro atoms. The van der Waals surface area contributed by atoms with Gasteiger partial charge < -0.3 is 5.32 Å². The molecule has 1 saturated carbocycles. The third-order valence-corrected chi connectivity index (χ3v) is 6.18. The Hall–Kier alpha value is -0.560. The van der Waals surface area contributed by atoms with Gasteiger partial charge in [-0.3, -0.25) is 0 Å². The molecule has 6 heteroatoms. The summed E-state index contributed by atoms with van der Waals surface area (Å²) in [4.78, 5) is 1.24. The van der Waals surface area contributed by atoms with Crippen molar-refractivity contribution in [3.8, 4) is 0 Å². The zero-order valence-corrected chi connectivity index (χ0v) is 14.0. The van der Waals surface area contributed by atoms with Crippen molar-refractivity contribution in [2.24, 2.45) is 0 Å². The van der Waals surface area contributed by atoms with Gasteiger partial charge in [-0.25, -0.2) is 0 Å². The van der Waals surface area contributed by atoms with Crippen LogP contribution in [0.2, 0.25) is 0 Å². The molecule has 0 saturated heterocycles. The minimum absolute atomic E-state index is 0.759. The predicted octanol–water partition coefficient (Wildman–Crippen LogP) is 3.97. The zero-order valence-electron chi connectivity index (χ0n) is 11.5. The van der Waals surface area contributed by atoms with Gasteiger partial charge in [0.2, 0.25) is 0 Å². The van der Waals surface area contributed by atoms with Crippen LogP contribution < -0.4 is 5.32 Å². The van der Waals surface area contributed by atoms with Crippen molar-refractivity contribution in [1.82, 2.24) is 15.5 Å². The number of thioether (sulfide) groups is 1. The van der Waals surface area contributed by atoms with Crippen LogP contribution in [0.15, 0.2) is 31.8 Å². The minimum Gasteiger partial charge on any atom is -0.310 e. The van der Waals surface area contributed by atoms with Gasteiger partial charge in [0.15, 0.2) is 8.68 Å². The highest BCUT2D eigenvalue weighted by molar-refractivity contribution is 8.03. The van der Waals surface area contributed by atoms with Crippen LogP contribution in [-0.2, 0) is 6.54 Å². The molecule has 1 N–H and O–H groups in total. The van der Waals surface area contributed by atoms with Crippen LogP contribution in [0.3, 0.4) is 0 Å². The normalized spacial score (nSPS) is 14.7. The molecule has 3 nitrogen and oxygen atoms in total. The third kappa shape index (κ3) is 3.75. The predicted molar refractivity (Wildman–Crippen MR) is 86.9 cm³/mol. The van der Waals surface area contributed by atoms with Crippen molar-refractivity contribution < 1.29 is 0 Å². The van der Waals surface area contributed by atoms with Crippen LogP contribution >= 0.6 is 34.9 Å². The highest BCUT2D eigenvalue weighted by Crippen LogP contribution is 2.33. The van der Waals surface area contributed by atoms with Gasteiger partial charge in [-0.15, -0.1) is 10.2 Å². The Kier molecular flexibility index (Phi) is 4.65. The Morgan fingerprint density at radius 3 is 2.75 bits per heavy atom. The lowest BCUT2D eigenvalue weighted by Gasteiger charge is -2.08. The molecule has 0 atom stereocenters. The van der Waals surface area contributed by atoms with Crippen LogP contribution in [0.5, 0.6) is 0 Å². The number of rotatable bonds is 6. The Bertz CT molecular complexity index is 593. The summed E-state index contributed by atoms with van der Waals surface area (Å²) in [5.41, 5.74) is 2.74. The zero-order chi connectivity index (χ0) is 13.9. The van der Waals surface area contributed by atoms with E-state index in [1.807, 2.05) is 6.26 Å². The van der Waals surface area contributed by atoms with Gasteiger partial charge in [0.05, 0.1) is 0 Å². The van der Waals surface area contributed by atoms with E-state index in [2.05, 4.69) is 40.6 Å². The molecule has 1 aliphatic rings. The highest BCUT2D eigenvalue weighted by Gasteiger charge is 2.20. The first-order valence-corrected chi connectivity index (χ1v) is 9.48. The lowest BCUT2D eigenvalue weighted by Crippen LogP contribution is -2.15. The van der Waals surface area contributed by atoms with Gasteiger partial charge in [-0.05, 0) is 49.3 Å². The molecule has 0 bridgehead atoms. The van der Waals surface area contributed by atoms with Crippen LogP contribution in [0, 0.1) is 6.92 Å². The second kappa shape index (κ2) is 6.47. The van der Waals surface area contributed by atoms with E-state index in [4.69, 9.17) is 0 Å². The summed E-state index contributed by atoms with van der Waals surface area (Å²) >= 11 is 4.99. The van der Waals surface area contributed by atoms with Crippen molar-refractivity contribution in [3.63, 3.8) is 0 Å². The summed E-state index contributed by atoms with van der Waals surface area (Å²) in [5.74, 6) is 0. The van der Waals surface area contributed by atoms with Crippen molar-refractivity contribution in [2.75, 3.05) is 6.26 Å². The molecule has 0 amide bonds. The smallest absolute Gasteiger partial charge is 0.179 e.